The summed E-state index contributed by atoms with van der Waals surface area (Å²) in [5, 5.41) is 13.4. The highest BCUT2D eigenvalue weighted by atomic mass is 32.2. The van der Waals surface area contributed by atoms with Gasteiger partial charge >= 0.3 is 0 Å². The molecule has 110 valence electrons. The number of hydrogen-bond donors (Lipinski definition) is 1. The molecule has 0 spiro atoms. The van der Waals surface area contributed by atoms with E-state index in [4.69, 9.17) is 14.7 Å². The van der Waals surface area contributed by atoms with Crippen molar-refractivity contribution >= 4 is 23.4 Å². The minimum absolute atomic E-state index is 0.224. The third kappa shape index (κ3) is 3.15. The molecule has 1 amide bonds. The van der Waals surface area contributed by atoms with Crippen molar-refractivity contribution in [1.29, 1.82) is 5.26 Å². The Morgan fingerprint density at radius 3 is 2.55 bits per heavy atom. The van der Waals surface area contributed by atoms with Gasteiger partial charge in [-0.15, -0.1) is 0 Å². The Morgan fingerprint density at radius 2 is 1.82 bits per heavy atom. The molecule has 5 nitrogen and oxygen atoms in total. The van der Waals surface area contributed by atoms with Crippen molar-refractivity contribution in [1.82, 2.24) is 0 Å². The lowest BCUT2D eigenvalue weighted by atomic mass is 10.1. The Bertz CT molecular complexity index is 738. The molecule has 3 rings (SSSR count). The van der Waals surface area contributed by atoms with E-state index in [-0.39, 0.29) is 5.91 Å². The van der Waals surface area contributed by atoms with E-state index < -0.39 is 0 Å². The number of rotatable bonds is 3. The zero-order valence-corrected chi connectivity index (χ0v) is 12.4. The summed E-state index contributed by atoms with van der Waals surface area (Å²) < 4.78 is 10.9. The molecule has 22 heavy (non-hydrogen) atoms. The van der Waals surface area contributed by atoms with Crippen LogP contribution >= 0.6 is 11.8 Å². The molecule has 0 unspecified atom stereocenters. The first-order valence-corrected chi connectivity index (χ1v) is 7.45. The summed E-state index contributed by atoms with van der Waals surface area (Å²) in [4.78, 5) is 13.1. The molecule has 2 aromatic carbocycles. The summed E-state index contributed by atoms with van der Waals surface area (Å²) >= 11 is 1.08. The van der Waals surface area contributed by atoms with Crippen molar-refractivity contribution in [3.05, 3.63) is 48.0 Å². The predicted molar refractivity (Wildman–Crippen MR) is 83.3 cm³/mol. The van der Waals surface area contributed by atoms with Crippen molar-refractivity contribution < 1.29 is 14.3 Å². The summed E-state index contributed by atoms with van der Waals surface area (Å²) in [6.45, 7) is 1.00. The molecule has 0 atom stereocenters. The smallest absolute Gasteiger partial charge is 0.255 e. The fourth-order valence-electron chi connectivity index (χ4n) is 2.05. The maximum absolute atomic E-state index is 12.2. The minimum Gasteiger partial charge on any atom is -0.486 e. The van der Waals surface area contributed by atoms with Gasteiger partial charge in [0.15, 0.2) is 11.5 Å². The van der Waals surface area contributed by atoms with Gasteiger partial charge in [-0.25, -0.2) is 0 Å². The van der Waals surface area contributed by atoms with Crippen molar-refractivity contribution in [2.24, 2.45) is 0 Å². The van der Waals surface area contributed by atoms with Crippen LogP contribution in [0.4, 0.5) is 5.69 Å². The molecule has 0 saturated heterocycles. The molecule has 1 aliphatic rings. The van der Waals surface area contributed by atoms with E-state index in [0.717, 1.165) is 16.7 Å². The van der Waals surface area contributed by atoms with Crippen LogP contribution in [0, 0.1) is 10.7 Å². The van der Waals surface area contributed by atoms with Crippen LogP contribution in [-0.4, -0.2) is 19.1 Å². The maximum atomic E-state index is 12.2. The highest BCUT2D eigenvalue weighted by molar-refractivity contribution is 8.03. The van der Waals surface area contributed by atoms with Crippen LogP contribution in [0.1, 0.15) is 10.4 Å². The number of ether oxygens (including phenoxy) is 2. The topological polar surface area (TPSA) is 71.4 Å². The molecular formula is C16H12N2O3S. The number of anilines is 1. The number of nitrogens with one attached hydrogen (secondary N) is 1. The zero-order valence-electron chi connectivity index (χ0n) is 11.5. The third-order valence-corrected chi connectivity index (χ3v) is 3.68. The van der Waals surface area contributed by atoms with Crippen LogP contribution in [0.5, 0.6) is 11.5 Å². The Morgan fingerprint density at radius 1 is 1.09 bits per heavy atom. The number of hydrogen-bond acceptors (Lipinski definition) is 5. The van der Waals surface area contributed by atoms with E-state index in [2.05, 4.69) is 5.32 Å². The molecule has 1 heterocycles. The highest BCUT2D eigenvalue weighted by Crippen LogP contribution is 2.31. The summed E-state index contributed by atoms with van der Waals surface area (Å²) in [5.41, 5.74) is 1.17. The van der Waals surface area contributed by atoms with Gasteiger partial charge in [0, 0.05) is 16.1 Å². The Kier molecular flexibility index (Phi) is 4.17. The highest BCUT2D eigenvalue weighted by Gasteiger charge is 2.15. The van der Waals surface area contributed by atoms with Crippen LogP contribution in [0.15, 0.2) is 47.4 Å². The van der Waals surface area contributed by atoms with Gasteiger partial charge in [-0.2, -0.15) is 5.26 Å². The first-order valence-electron chi connectivity index (χ1n) is 6.63. The van der Waals surface area contributed by atoms with Crippen LogP contribution < -0.4 is 14.8 Å². The number of nitriles is 1. The first kappa shape index (κ1) is 14.3. The van der Waals surface area contributed by atoms with Gasteiger partial charge in [0.05, 0.1) is 0 Å². The third-order valence-electron chi connectivity index (χ3n) is 3.08. The van der Waals surface area contributed by atoms with E-state index in [1.165, 1.54) is 0 Å². The zero-order chi connectivity index (χ0) is 15.4. The fraction of sp³-hybridized carbons (Fsp3) is 0.125. The van der Waals surface area contributed by atoms with E-state index in [0.29, 0.717) is 36.0 Å². The molecule has 2 aromatic rings. The lowest BCUT2D eigenvalue weighted by Gasteiger charge is -2.18. The lowest BCUT2D eigenvalue weighted by Crippen LogP contribution is -2.17. The van der Waals surface area contributed by atoms with Gasteiger partial charge in [0.2, 0.25) is 0 Å². The largest absolute Gasteiger partial charge is 0.486 e. The second kappa shape index (κ2) is 6.41. The summed E-state index contributed by atoms with van der Waals surface area (Å²) in [6.07, 6.45) is 0. The van der Waals surface area contributed by atoms with Gasteiger partial charge in [-0.3, -0.25) is 4.79 Å². The average molecular weight is 312 g/mol. The van der Waals surface area contributed by atoms with Crippen LogP contribution in [0.3, 0.4) is 0 Å². The standard InChI is InChI=1S/C16H12N2O3S/c17-10-22-13-4-2-12(3-5-13)18-16(19)11-1-6-14-15(9-11)21-8-7-20-14/h1-6,9H,7-8H2,(H,18,19). The minimum atomic E-state index is -0.224. The first-order chi connectivity index (χ1) is 10.8. The fourth-order valence-corrected chi connectivity index (χ4v) is 2.42. The molecule has 1 N–H and O–H groups in total. The van der Waals surface area contributed by atoms with Crippen molar-refractivity contribution in [2.45, 2.75) is 4.90 Å². The maximum Gasteiger partial charge on any atom is 0.255 e. The Balaban J connectivity index is 1.72. The van der Waals surface area contributed by atoms with Gasteiger partial charge in [0.1, 0.15) is 18.6 Å². The Hall–Kier alpha value is -2.65. The van der Waals surface area contributed by atoms with E-state index >= 15 is 0 Å². The van der Waals surface area contributed by atoms with E-state index in [1.807, 2.05) is 5.40 Å². The van der Waals surface area contributed by atoms with Crippen molar-refractivity contribution in [3.8, 4) is 16.9 Å². The van der Waals surface area contributed by atoms with E-state index in [9.17, 15) is 4.79 Å². The predicted octanol–water partition coefficient (Wildman–Crippen LogP) is 3.28. The molecule has 0 radical (unpaired) electrons. The number of carbonyl (C=O) groups is 1. The van der Waals surface area contributed by atoms with Crippen LogP contribution in [0.2, 0.25) is 0 Å². The molecule has 0 aliphatic carbocycles. The molecule has 0 fully saturated rings. The number of fused-ring (bicyclic) bond motifs is 1. The molecule has 0 aromatic heterocycles. The Labute approximate surface area is 131 Å². The quantitative estimate of drug-likeness (QED) is 0.695. The molecular weight excluding hydrogens is 300 g/mol. The van der Waals surface area contributed by atoms with Crippen molar-refractivity contribution in [2.75, 3.05) is 18.5 Å². The summed E-state index contributed by atoms with van der Waals surface area (Å²) in [5.74, 6) is 1.01. The summed E-state index contributed by atoms with van der Waals surface area (Å²) in [6, 6.07) is 12.2. The van der Waals surface area contributed by atoms with Crippen molar-refractivity contribution in [3.63, 3.8) is 0 Å². The normalized spacial score (nSPS) is 12.3. The van der Waals surface area contributed by atoms with E-state index in [1.54, 1.807) is 42.5 Å². The average Bonchev–Trinajstić information content (AvgIpc) is 2.56. The second-order valence-electron chi connectivity index (χ2n) is 4.53. The van der Waals surface area contributed by atoms with Gasteiger partial charge in [-0.1, -0.05) is 0 Å². The number of benzene rings is 2. The molecule has 6 heteroatoms. The second-order valence-corrected chi connectivity index (χ2v) is 5.39. The number of amides is 1. The SMILES string of the molecule is N#CSc1ccc(NC(=O)c2ccc3c(c2)OCCO3)cc1. The number of thioether (sulfide) groups is 1. The molecule has 0 bridgehead atoms. The van der Waals surface area contributed by atoms with Gasteiger partial charge in [-0.05, 0) is 54.2 Å². The molecule has 1 aliphatic heterocycles. The number of carbonyl (C=O) groups excluding carboxylic acids is 1. The monoisotopic (exact) mass is 312 g/mol. The lowest BCUT2D eigenvalue weighted by molar-refractivity contribution is 0.102. The van der Waals surface area contributed by atoms with Gasteiger partial charge in [0.25, 0.3) is 5.91 Å². The van der Waals surface area contributed by atoms with Gasteiger partial charge < -0.3 is 14.8 Å². The molecule has 0 saturated carbocycles. The van der Waals surface area contributed by atoms with Crippen LogP contribution in [0.25, 0.3) is 0 Å². The summed E-state index contributed by atoms with van der Waals surface area (Å²) in [7, 11) is 0. The number of nitrogens with zero attached hydrogens (tertiary/aromatic N) is 1. The number of thiocyanates is 1. The van der Waals surface area contributed by atoms with Crippen LogP contribution in [-0.2, 0) is 0 Å².